The van der Waals surface area contributed by atoms with E-state index < -0.39 is 0 Å². The maximum atomic E-state index is 5.85. The second-order valence-corrected chi connectivity index (χ2v) is 5.30. The van der Waals surface area contributed by atoms with Crippen LogP contribution < -0.4 is 5.32 Å². The van der Waals surface area contributed by atoms with E-state index in [1.54, 1.807) is 0 Å². The average Bonchev–Trinajstić information content (AvgIpc) is 2.90. The lowest BCUT2D eigenvalue weighted by atomic mass is 9.98. The maximum absolute atomic E-state index is 5.85. The van der Waals surface area contributed by atoms with E-state index in [4.69, 9.17) is 4.74 Å². The molecule has 18 heavy (non-hydrogen) atoms. The molecule has 2 nitrogen and oxygen atoms in total. The van der Waals surface area contributed by atoms with Crippen LogP contribution in [0, 0.1) is 6.92 Å². The SMILES string of the molecule is CCCNC(Cc1ccc(C)cc1)C1CCCO1. The Hall–Kier alpha value is -0.860. The van der Waals surface area contributed by atoms with E-state index >= 15 is 0 Å². The molecule has 100 valence electrons. The molecule has 0 aliphatic carbocycles. The third-order valence-corrected chi connectivity index (χ3v) is 3.65. The van der Waals surface area contributed by atoms with Gasteiger partial charge in [0, 0.05) is 12.6 Å². The van der Waals surface area contributed by atoms with Crippen LogP contribution in [0.25, 0.3) is 0 Å². The first-order valence-corrected chi connectivity index (χ1v) is 7.20. The fourth-order valence-corrected chi connectivity index (χ4v) is 2.56. The van der Waals surface area contributed by atoms with Gasteiger partial charge < -0.3 is 10.1 Å². The van der Waals surface area contributed by atoms with Crippen molar-refractivity contribution in [3.63, 3.8) is 0 Å². The zero-order valence-electron chi connectivity index (χ0n) is 11.6. The van der Waals surface area contributed by atoms with E-state index in [1.807, 2.05) is 0 Å². The fraction of sp³-hybridized carbons (Fsp3) is 0.625. The molecule has 1 aromatic carbocycles. The molecule has 1 saturated heterocycles. The van der Waals surface area contributed by atoms with Gasteiger partial charge in [-0.15, -0.1) is 0 Å². The predicted octanol–water partition coefficient (Wildman–Crippen LogP) is 3.08. The van der Waals surface area contributed by atoms with Crippen LogP contribution in [0.1, 0.15) is 37.3 Å². The first kappa shape index (κ1) is 13.6. The molecule has 0 saturated carbocycles. The van der Waals surface area contributed by atoms with Gasteiger partial charge in [0.1, 0.15) is 0 Å². The summed E-state index contributed by atoms with van der Waals surface area (Å²) in [6.07, 6.45) is 5.07. The largest absolute Gasteiger partial charge is 0.377 e. The van der Waals surface area contributed by atoms with Gasteiger partial charge in [0.15, 0.2) is 0 Å². The maximum Gasteiger partial charge on any atom is 0.0732 e. The van der Waals surface area contributed by atoms with E-state index in [0.717, 1.165) is 19.6 Å². The van der Waals surface area contributed by atoms with Gasteiger partial charge in [0.25, 0.3) is 0 Å². The van der Waals surface area contributed by atoms with Gasteiger partial charge in [-0.2, -0.15) is 0 Å². The number of ether oxygens (including phenoxy) is 1. The predicted molar refractivity (Wildman–Crippen MR) is 75.9 cm³/mol. The molecule has 0 bridgehead atoms. The van der Waals surface area contributed by atoms with Gasteiger partial charge >= 0.3 is 0 Å². The highest BCUT2D eigenvalue weighted by molar-refractivity contribution is 5.22. The molecule has 2 heteroatoms. The fourth-order valence-electron chi connectivity index (χ4n) is 2.56. The van der Waals surface area contributed by atoms with Crippen LogP contribution in [0.2, 0.25) is 0 Å². The van der Waals surface area contributed by atoms with Gasteiger partial charge in [-0.05, 0) is 44.7 Å². The van der Waals surface area contributed by atoms with E-state index in [-0.39, 0.29) is 0 Å². The number of nitrogens with one attached hydrogen (secondary N) is 1. The molecule has 1 fully saturated rings. The Morgan fingerprint density at radius 1 is 1.33 bits per heavy atom. The summed E-state index contributed by atoms with van der Waals surface area (Å²) in [5.41, 5.74) is 2.73. The molecule has 1 aromatic rings. The average molecular weight is 247 g/mol. The number of hydrogen-bond donors (Lipinski definition) is 1. The highest BCUT2D eigenvalue weighted by Gasteiger charge is 2.25. The van der Waals surface area contributed by atoms with Crippen LogP contribution in [0.4, 0.5) is 0 Å². The van der Waals surface area contributed by atoms with Crippen molar-refractivity contribution in [1.82, 2.24) is 5.32 Å². The van der Waals surface area contributed by atoms with Gasteiger partial charge in [-0.3, -0.25) is 0 Å². The quantitative estimate of drug-likeness (QED) is 0.834. The second kappa shape index (κ2) is 6.91. The van der Waals surface area contributed by atoms with Crippen molar-refractivity contribution in [2.75, 3.05) is 13.2 Å². The van der Waals surface area contributed by atoms with Crippen molar-refractivity contribution in [1.29, 1.82) is 0 Å². The highest BCUT2D eigenvalue weighted by Crippen LogP contribution is 2.19. The Morgan fingerprint density at radius 2 is 2.11 bits per heavy atom. The molecule has 0 radical (unpaired) electrons. The van der Waals surface area contributed by atoms with Crippen LogP contribution in [0.3, 0.4) is 0 Å². The lowest BCUT2D eigenvalue weighted by molar-refractivity contribution is 0.0784. The summed E-state index contributed by atoms with van der Waals surface area (Å²) >= 11 is 0. The van der Waals surface area contributed by atoms with Gasteiger partial charge in [0.05, 0.1) is 6.10 Å². The van der Waals surface area contributed by atoms with Crippen molar-refractivity contribution in [3.8, 4) is 0 Å². The molecule has 1 aliphatic heterocycles. The first-order valence-electron chi connectivity index (χ1n) is 7.20. The minimum atomic E-state index is 0.401. The van der Waals surface area contributed by atoms with E-state index in [1.165, 1.54) is 30.4 Å². The molecule has 0 aromatic heterocycles. The van der Waals surface area contributed by atoms with Crippen molar-refractivity contribution in [2.45, 2.75) is 51.7 Å². The molecule has 1 aliphatic rings. The summed E-state index contributed by atoms with van der Waals surface area (Å²) in [6, 6.07) is 9.34. The Bertz CT molecular complexity index is 341. The van der Waals surface area contributed by atoms with Crippen molar-refractivity contribution < 1.29 is 4.74 Å². The molecule has 0 spiro atoms. The third-order valence-electron chi connectivity index (χ3n) is 3.65. The number of rotatable bonds is 6. The lowest BCUT2D eigenvalue weighted by Gasteiger charge is -2.24. The van der Waals surface area contributed by atoms with Gasteiger partial charge in [0.2, 0.25) is 0 Å². The Morgan fingerprint density at radius 3 is 2.72 bits per heavy atom. The van der Waals surface area contributed by atoms with Gasteiger partial charge in [-0.25, -0.2) is 0 Å². The summed E-state index contributed by atoms with van der Waals surface area (Å²) in [5.74, 6) is 0. The number of aryl methyl sites for hydroxylation is 1. The molecule has 2 atom stereocenters. The molecule has 1 heterocycles. The minimum Gasteiger partial charge on any atom is -0.377 e. The highest BCUT2D eigenvalue weighted by atomic mass is 16.5. The Balaban J connectivity index is 1.97. The molecular formula is C16H25NO. The molecule has 2 rings (SSSR count). The van der Waals surface area contributed by atoms with E-state index in [9.17, 15) is 0 Å². The Labute approximate surface area is 111 Å². The van der Waals surface area contributed by atoms with E-state index in [2.05, 4.69) is 43.4 Å². The smallest absolute Gasteiger partial charge is 0.0732 e. The van der Waals surface area contributed by atoms with Crippen molar-refractivity contribution in [3.05, 3.63) is 35.4 Å². The number of benzene rings is 1. The van der Waals surface area contributed by atoms with Crippen LogP contribution >= 0.6 is 0 Å². The van der Waals surface area contributed by atoms with Gasteiger partial charge in [-0.1, -0.05) is 36.8 Å². The lowest BCUT2D eigenvalue weighted by Crippen LogP contribution is -2.41. The second-order valence-electron chi connectivity index (χ2n) is 5.30. The normalized spacial score (nSPS) is 21.1. The third kappa shape index (κ3) is 3.82. The van der Waals surface area contributed by atoms with Crippen LogP contribution in [-0.4, -0.2) is 25.3 Å². The Kier molecular flexibility index (Phi) is 5.21. The summed E-state index contributed by atoms with van der Waals surface area (Å²) in [5, 5.41) is 3.65. The zero-order valence-corrected chi connectivity index (χ0v) is 11.6. The monoisotopic (exact) mass is 247 g/mol. The summed E-state index contributed by atoms with van der Waals surface area (Å²) in [6.45, 7) is 6.36. The summed E-state index contributed by atoms with van der Waals surface area (Å²) in [4.78, 5) is 0. The molecule has 1 N–H and O–H groups in total. The van der Waals surface area contributed by atoms with Crippen LogP contribution in [-0.2, 0) is 11.2 Å². The van der Waals surface area contributed by atoms with E-state index in [0.29, 0.717) is 12.1 Å². The molecular weight excluding hydrogens is 222 g/mol. The van der Waals surface area contributed by atoms with Crippen LogP contribution in [0.5, 0.6) is 0 Å². The summed E-state index contributed by atoms with van der Waals surface area (Å²) in [7, 11) is 0. The first-order chi connectivity index (χ1) is 8.79. The topological polar surface area (TPSA) is 21.3 Å². The van der Waals surface area contributed by atoms with Crippen molar-refractivity contribution in [2.24, 2.45) is 0 Å². The zero-order chi connectivity index (χ0) is 12.8. The minimum absolute atomic E-state index is 0.401. The van der Waals surface area contributed by atoms with Crippen LogP contribution in [0.15, 0.2) is 24.3 Å². The summed E-state index contributed by atoms with van der Waals surface area (Å²) < 4.78 is 5.85. The number of hydrogen-bond acceptors (Lipinski definition) is 2. The molecule has 2 unspecified atom stereocenters. The standard InChI is InChI=1S/C16H25NO/c1-3-10-17-15(16-5-4-11-18-16)12-14-8-6-13(2)7-9-14/h6-9,15-17H,3-5,10-12H2,1-2H3. The van der Waals surface area contributed by atoms with Crippen molar-refractivity contribution >= 4 is 0 Å². The molecule has 0 amide bonds.